The van der Waals surface area contributed by atoms with Crippen LogP contribution in [0.4, 0.5) is 0 Å². The van der Waals surface area contributed by atoms with Crippen LogP contribution in [0.15, 0.2) is 40.1 Å². The number of thiazole rings is 1. The zero-order valence-corrected chi connectivity index (χ0v) is 13.5. The first-order chi connectivity index (χ1) is 11.2. The molecule has 2 heterocycles. The first kappa shape index (κ1) is 15.4. The highest BCUT2D eigenvalue weighted by atomic mass is 32.1. The summed E-state index contributed by atoms with van der Waals surface area (Å²) in [5.41, 5.74) is 1.59. The van der Waals surface area contributed by atoms with E-state index < -0.39 is 0 Å². The number of aryl methyl sites for hydroxylation is 1. The molecule has 0 bridgehead atoms. The van der Waals surface area contributed by atoms with Crippen LogP contribution >= 0.6 is 11.3 Å². The molecule has 0 unspecified atom stereocenters. The molecule has 0 spiro atoms. The van der Waals surface area contributed by atoms with Gasteiger partial charge in [0.1, 0.15) is 5.69 Å². The van der Waals surface area contributed by atoms with Gasteiger partial charge < -0.3 is 9.73 Å². The molecule has 0 aliphatic heterocycles. The van der Waals surface area contributed by atoms with Crippen LogP contribution in [-0.4, -0.2) is 21.1 Å². The van der Waals surface area contributed by atoms with Gasteiger partial charge in [0.15, 0.2) is 0 Å². The van der Waals surface area contributed by atoms with Crippen LogP contribution in [0.5, 0.6) is 0 Å². The molecule has 1 amide bonds. The predicted molar refractivity (Wildman–Crippen MR) is 86.2 cm³/mol. The largest absolute Gasteiger partial charge is 0.423 e. The van der Waals surface area contributed by atoms with Gasteiger partial charge in [0.05, 0.1) is 11.6 Å². The SMILES string of the molecule is CCc1nnc(CNC(=O)c2csc(Cc3ccccc3)n2)o1. The van der Waals surface area contributed by atoms with Crippen molar-refractivity contribution in [3.05, 3.63) is 63.8 Å². The summed E-state index contributed by atoms with van der Waals surface area (Å²) in [4.78, 5) is 16.5. The minimum absolute atomic E-state index is 0.206. The summed E-state index contributed by atoms with van der Waals surface area (Å²) >= 11 is 1.48. The minimum Gasteiger partial charge on any atom is -0.423 e. The number of nitrogens with zero attached hydrogens (tertiary/aromatic N) is 3. The molecule has 118 valence electrons. The summed E-state index contributed by atoms with van der Waals surface area (Å²) in [6.45, 7) is 2.14. The first-order valence-electron chi connectivity index (χ1n) is 7.32. The number of hydrogen-bond donors (Lipinski definition) is 1. The van der Waals surface area contributed by atoms with E-state index in [1.54, 1.807) is 5.38 Å². The van der Waals surface area contributed by atoms with Gasteiger partial charge in [-0.2, -0.15) is 0 Å². The lowest BCUT2D eigenvalue weighted by Gasteiger charge is -1.99. The van der Waals surface area contributed by atoms with E-state index in [-0.39, 0.29) is 12.5 Å². The first-order valence-corrected chi connectivity index (χ1v) is 8.20. The van der Waals surface area contributed by atoms with E-state index in [1.165, 1.54) is 16.9 Å². The van der Waals surface area contributed by atoms with E-state index >= 15 is 0 Å². The molecule has 1 aromatic carbocycles. The molecule has 2 aromatic heterocycles. The molecular weight excluding hydrogens is 312 g/mol. The Balaban J connectivity index is 1.57. The van der Waals surface area contributed by atoms with Crippen molar-refractivity contribution in [1.29, 1.82) is 0 Å². The Labute approximate surface area is 137 Å². The number of carbonyl (C=O) groups excluding carboxylic acids is 1. The highest BCUT2D eigenvalue weighted by molar-refractivity contribution is 7.09. The Kier molecular flexibility index (Phi) is 4.77. The standard InChI is InChI=1S/C16H16N4O2S/c1-2-13-19-20-14(22-13)9-17-16(21)12-10-23-15(18-12)8-11-6-4-3-5-7-11/h3-7,10H,2,8-9H2,1H3,(H,17,21). The second-order valence-corrected chi connectivity index (χ2v) is 5.86. The molecule has 0 radical (unpaired) electrons. The number of carbonyl (C=O) groups is 1. The minimum atomic E-state index is -0.239. The van der Waals surface area contributed by atoms with Crippen LogP contribution in [-0.2, 0) is 19.4 Å². The molecular formula is C16H16N4O2S. The lowest BCUT2D eigenvalue weighted by Crippen LogP contribution is -2.23. The van der Waals surface area contributed by atoms with Gasteiger partial charge in [-0.1, -0.05) is 37.3 Å². The number of aromatic nitrogens is 3. The topological polar surface area (TPSA) is 80.9 Å². The molecule has 3 rings (SSSR count). The molecule has 1 N–H and O–H groups in total. The summed E-state index contributed by atoms with van der Waals surface area (Å²) in [5, 5.41) is 13.1. The van der Waals surface area contributed by atoms with Crippen molar-refractivity contribution in [2.45, 2.75) is 26.3 Å². The van der Waals surface area contributed by atoms with Gasteiger partial charge in [-0.3, -0.25) is 4.79 Å². The van der Waals surface area contributed by atoms with Gasteiger partial charge in [-0.25, -0.2) is 4.98 Å². The molecule has 0 aliphatic rings. The Morgan fingerprint density at radius 2 is 2.00 bits per heavy atom. The number of nitrogens with one attached hydrogen (secondary N) is 1. The maximum Gasteiger partial charge on any atom is 0.271 e. The smallest absolute Gasteiger partial charge is 0.271 e. The fourth-order valence-electron chi connectivity index (χ4n) is 2.02. The lowest BCUT2D eigenvalue weighted by molar-refractivity contribution is 0.0942. The highest BCUT2D eigenvalue weighted by Crippen LogP contribution is 2.14. The predicted octanol–water partition coefficient (Wildman–Crippen LogP) is 2.61. The van der Waals surface area contributed by atoms with E-state index in [9.17, 15) is 4.79 Å². The molecule has 7 heteroatoms. The van der Waals surface area contributed by atoms with Crippen molar-refractivity contribution in [1.82, 2.24) is 20.5 Å². The summed E-state index contributed by atoms with van der Waals surface area (Å²) in [6.07, 6.45) is 1.40. The quantitative estimate of drug-likeness (QED) is 0.752. The fourth-order valence-corrected chi connectivity index (χ4v) is 2.82. The summed E-state index contributed by atoms with van der Waals surface area (Å²) in [6, 6.07) is 10.0. The van der Waals surface area contributed by atoms with Crippen LogP contribution in [0.1, 0.15) is 39.8 Å². The number of amides is 1. The third-order valence-electron chi connectivity index (χ3n) is 3.19. The van der Waals surface area contributed by atoms with Gasteiger partial charge in [0, 0.05) is 18.2 Å². The maximum atomic E-state index is 12.1. The van der Waals surface area contributed by atoms with Crippen molar-refractivity contribution < 1.29 is 9.21 Å². The molecule has 0 aliphatic carbocycles. The third kappa shape index (κ3) is 4.01. The van der Waals surface area contributed by atoms with E-state index in [4.69, 9.17) is 4.42 Å². The molecule has 0 saturated carbocycles. The third-order valence-corrected chi connectivity index (χ3v) is 4.04. The van der Waals surface area contributed by atoms with Crippen molar-refractivity contribution in [2.75, 3.05) is 0 Å². The summed E-state index contributed by atoms with van der Waals surface area (Å²) in [7, 11) is 0. The molecule has 23 heavy (non-hydrogen) atoms. The molecule has 6 nitrogen and oxygen atoms in total. The average Bonchev–Trinajstić information content (AvgIpc) is 3.23. The van der Waals surface area contributed by atoms with Crippen LogP contribution < -0.4 is 5.32 Å². The van der Waals surface area contributed by atoms with E-state index in [0.29, 0.717) is 23.9 Å². The fraction of sp³-hybridized carbons (Fsp3) is 0.250. The van der Waals surface area contributed by atoms with Crippen molar-refractivity contribution in [3.8, 4) is 0 Å². The molecule has 3 aromatic rings. The maximum absolute atomic E-state index is 12.1. The van der Waals surface area contributed by atoms with Gasteiger partial charge in [-0.05, 0) is 5.56 Å². The molecule has 0 atom stereocenters. The summed E-state index contributed by atoms with van der Waals surface area (Å²) in [5.74, 6) is 0.722. The number of hydrogen-bond acceptors (Lipinski definition) is 6. The highest BCUT2D eigenvalue weighted by Gasteiger charge is 2.12. The normalized spacial score (nSPS) is 10.7. The zero-order chi connectivity index (χ0) is 16.1. The van der Waals surface area contributed by atoms with E-state index in [0.717, 1.165) is 11.4 Å². The molecule has 0 fully saturated rings. The van der Waals surface area contributed by atoms with E-state index in [2.05, 4.69) is 20.5 Å². The summed E-state index contributed by atoms with van der Waals surface area (Å²) < 4.78 is 5.35. The lowest BCUT2D eigenvalue weighted by atomic mass is 10.2. The van der Waals surface area contributed by atoms with Crippen LogP contribution in [0.25, 0.3) is 0 Å². The van der Waals surface area contributed by atoms with E-state index in [1.807, 2.05) is 37.3 Å². The van der Waals surface area contributed by atoms with Crippen molar-refractivity contribution in [3.63, 3.8) is 0 Å². The monoisotopic (exact) mass is 328 g/mol. The van der Waals surface area contributed by atoms with Crippen LogP contribution in [0, 0.1) is 0 Å². The zero-order valence-electron chi connectivity index (χ0n) is 12.7. The van der Waals surface area contributed by atoms with Crippen molar-refractivity contribution in [2.24, 2.45) is 0 Å². The van der Waals surface area contributed by atoms with Crippen LogP contribution in [0.2, 0.25) is 0 Å². The van der Waals surface area contributed by atoms with Crippen molar-refractivity contribution >= 4 is 17.2 Å². The van der Waals surface area contributed by atoms with Gasteiger partial charge in [0.25, 0.3) is 5.91 Å². The number of benzene rings is 1. The second kappa shape index (κ2) is 7.15. The Hall–Kier alpha value is -2.54. The van der Waals surface area contributed by atoms with Gasteiger partial charge in [0.2, 0.25) is 11.8 Å². The Bertz CT molecular complexity index is 782. The molecule has 0 saturated heterocycles. The number of rotatable bonds is 6. The van der Waals surface area contributed by atoms with Gasteiger partial charge in [-0.15, -0.1) is 21.5 Å². The van der Waals surface area contributed by atoms with Crippen LogP contribution in [0.3, 0.4) is 0 Å². The average molecular weight is 328 g/mol. The Morgan fingerprint density at radius 1 is 1.22 bits per heavy atom. The Morgan fingerprint density at radius 3 is 2.74 bits per heavy atom. The van der Waals surface area contributed by atoms with Gasteiger partial charge >= 0.3 is 0 Å². The second-order valence-electron chi connectivity index (χ2n) is 4.91.